The van der Waals surface area contributed by atoms with Gasteiger partial charge >= 0.3 is 0 Å². The van der Waals surface area contributed by atoms with E-state index in [1.54, 1.807) is 30.2 Å². The van der Waals surface area contributed by atoms with Gasteiger partial charge in [-0.15, -0.1) is 0 Å². The number of carbonyl (C=O) groups is 1. The van der Waals surface area contributed by atoms with Crippen LogP contribution in [0, 0.1) is 20.8 Å². The Morgan fingerprint density at radius 3 is 2.41 bits per heavy atom. The molecular weight excluding hydrogens is 428 g/mol. The Balaban J connectivity index is 1.83. The van der Waals surface area contributed by atoms with Gasteiger partial charge in [0.05, 0.1) is 20.8 Å². The summed E-state index contributed by atoms with van der Waals surface area (Å²) in [5, 5.41) is 0.916. The molecule has 0 bridgehead atoms. The van der Waals surface area contributed by atoms with Crippen LogP contribution in [0.3, 0.4) is 0 Å². The number of aromatic nitrogens is 1. The summed E-state index contributed by atoms with van der Waals surface area (Å²) in [6.45, 7) is 6.09. The maximum atomic E-state index is 13.8. The van der Waals surface area contributed by atoms with Gasteiger partial charge in [-0.1, -0.05) is 24.3 Å². The fourth-order valence-electron chi connectivity index (χ4n) is 4.07. The number of fused-ring (bicyclic) bond motifs is 1. The van der Waals surface area contributed by atoms with E-state index in [0.29, 0.717) is 22.6 Å². The molecule has 0 aliphatic carbocycles. The number of hydrogen-bond acceptors (Lipinski definition) is 4. The maximum Gasteiger partial charge on any atom is 0.258 e. The van der Waals surface area contributed by atoms with Crippen molar-refractivity contribution in [1.29, 1.82) is 0 Å². The van der Waals surface area contributed by atoms with Crippen molar-refractivity contribution < 1.29 is 14.3 Å². The zero-order chi connectivity index (χ0) is 24.4. The number of nitrogens with one attached hydrogen (secondary N) is 1. The standard InChI is InChI=1S/C28H28N2O4/c1-17-9-10-20-14-22(27(31)29-23(20)13-17)16-30(24-8-6-7-18(2)19(24)3)28(32)21-11-12-25(33-4)26(15-21)34-5/h6-15H,16H2,1-5H3,(H,29,31). The predicted molar refractivity (Wildman–Crippen MR) is 135 cm³/mol. The highest BCUT2D eigenvalue weighted by Gasteiger charge is 2.23. The highest BCUT2D eigenvalue weighted by Crippen LogP contribution is 2.31. The van der Waals surface area contributed by atoms with Crippen LogP contribution in [0.15, 0.2) is 65.5 Å². The minimum atomic E-state index is -0.238. The Hall–Kier alpha value is -4.06. The maximum absolute atomic E-state index is 13.8. The first-order valence-corrected chi connectivity index (χ1v) is 11.0. The van der Waals surface area contributed by atoms with Gasteiger partial charge in [-0.05, 0) is 79.2 Å². The van der Waals surface area contributed by atoms with Crippen molar-refractivity contribution in [2.75, 3.05) is 19.1 Å². The van der Waals surface area contributed by atoms with E-state index in [0.717, 1.165) is 33.3 Å². The van der Waals surface area contributed by atoms with Crippen molar-refractivity contribution in [3.8, 4) is 11.5 Å². The summed E-state index contributed by atoms with van der Waals surface area (Å²) in [5.74, 6) is 0.768. The molecule has 0 aliphatic heterocycles. The number of benzene rings is 3. The Kier molecular flexibility index (Phi) is 6.41. The zero-order valence-corrected chi connectivity index (χ0v) is 20.1. The molecular formula is C28H28N2O4. The molecule has 34 heavy (non-hydrogen) atoms. The highest BCUT2D eigenvalue weighted by molar-refractivity contribution is 6.07. The van der Waals surface area contributed by atoms with E-state index >= 15 is 0 Å². The first-order chi connectivity index (χ1) is 16.3. The van der Waals surface area contributed by atoms with Crippen molar-refractivity contribution in [2.24, 2.45) is 0 Å². The number of ether oxygens (including phenoxy) is 2. The number of pyridine rings is 1. The minimum absolute atomic E-state index is 0.122. The highest BCUT2D eigenvalue weighted by atomic mass is 16.5. The lowest BCUT2D eigenvalue weighted by atomic mass is 10.0. The lowest BCUT2D eigenvalue weighted by Gasteiger charge is -2.26. The SMILES string of the molecule is COc1ccc(C(=O)N(Cc2cc3ccc(C)cc3[nH]c2=O)c2cccc(C)c2C)cc1OC. The number of hydrogen-bond donors (Lipinski definition) is 1. The monoisotopic (exact) mass is 456 g/mol. The average molecular weight is 457 g/mol. The molecule has 1 N–H and O–H groups in total. The van der Waals surface area contributed by atoms with E-state index in [1.807, 2.05) is 63.2 Å². The van der Waals surface area contributed by atoms with Gasteiger partial charge < -0.3 is 19.4 Å². The first-order valence-electron chi connectivity index (χ1n) is 11.0. The number of methoxy groups -OCH3 is 2. The van der Waals surface area contributed by atoms with Crippen LogP contribution >= 0.6 is 0 Å². The third kappa shape index (κ3) is 4.39. The molecule has 1 heterocycles. The number of carbonyl (C=O) groups excluding carboxylic acids is 1. The van der Waals surface area contributed by atoms with Crippen molar-refractivity contribution in [2.45, 2.75) is 27.3 Å². The topological polar surface area (TPSA) is 71.6 Å². The van der Waals surface area contributed by atoms with Crippen LogP contribution in [0.2, 0.25) is 0 Å². The molecule has 4 rings (SSSR count). The van der Waals surface area contributed by atoms with Gasteiger partial charge in [0.2, 0.25) is 0 Å². The van der Waals surface area contributed by atoms with Crippen LogP contribution in [-0.2, 0) is 6.54 Å². The molecule has 3 aromatic carbocycles. The number of amides is 1. The number of H-pyrrole nitrogens is 1. The van der Waals surface area contributed by atoms with E-state index in [4.69, 9.17) is 9.47 Å². The molecule has 0 saturated heterocycles. The predicted octanol–water partition coefficient (Wildman–Crippen LogP) is 5.32. The van der Waals surface area contributed by atoms with E-state index < -0.39 is 0 Å². The van der Waals surface area contributed by atoms with Gasteiger partial charge in [-0.2, -0.15) is 0 Å². The van der Waals surface area contributed by atoms with E-state index in [-0.39, 0.29) is 18.0 Å². The molecule has 4 aromatic rings. The molecule has 0 aliphatic rings. The average Bonchev–Trinajstić information content (AvgIpc) is 2.83. The van der Waals surface area contributed by atoms with Crippen LogP contribution in [0.4, 0.5) is 5.69 Å². The molecule has 0 radical (unpaired) electrons. The van der Waals surface area contributed by atoms with Crippen LogP contribution in [0.5, 0.6) is 11.5 Å². The first kappa shape index (κ1) is 23.1. The fraction of sp³-hybridized carbons (Fsp3) is 0.214. The second kappa shape index (κ2) is 9.43. The molecule has 0 spiro atoms. The molecule has 174 valence electrons. The summed E-state index contributed by atoms with van der Waals surface area (Å²) in [7, 11) is 3.08. The number of aromatic amines is 1. The summed E-state index contributed by atoms with van der Waals surface area (Å²) >= 11 is 0. The summed E-state index contributed by atoms with van der Waals surface area (Å²) in [6.07, 6.45) is 0. The summed E-state index contributed by atoms with van der Waals surface area (Å²) in [5.41, 5.74) is 5.36. The third-order valence-electron chi connectivity index (χ3n) is 6.15. The Bertz CT molecular complexity index is 1440. The van der Waals surface area contributed by atoms with E-state index in [1.165, 1.54) is 7.11 Å². The zero-order valence-electron chi connectivity index (χ0n) is 20.1. The normalized spacial score (nSPS) is 10.9. The number of rotatable bonds is 6. The summed E-state index contributed by atoms with van der Waals surface area (Å²) < 4.78 is 10.7. The summed E-state index contributed by atoms with van der Waals surface area (Å²) in [4.78, 5) is 31.4. The number of anilines is 1. The second-order valence-corrected chi connectivity index (χ2v) is 8.39. The molecule has 0 saturated carbocycles. The molecule has 1 aromatic heterocycles. The lowest BCUT2D eigenvalue weighted by Crippen LogP contribution is -2.33. The van der Waals surface area contributed by atoms with Gasteiger partial charge in [0.15, 0.2) is 11.5 Å². The third-order valence-corrected chi connectivity index (χ3v) is 6.15. The smallest absolute Gasteiger partial charge is 0.258 e. The van der Waals surface area contributed by atoms with Gasteiger partial charge in [-0.3, -0.25) is 9.59 Å². The van der Waals surface area contributed by atoms with Gasteiger partial charge in [-0.25, -0.2) is 0 Å². The molecule has 0 atom stereocenters. The van der Waals surface area contributed by atoms with Crippen LogP contribution in [0.25, 0.3) is 10.9 Å². The largest absolute Gasteiger partial charge is 0.493 e. The quantitative estimate of drug-likeness (QED) is 0.426. The Morgan fingerprint density at radius 2 is 1.68 bits per heavy atom. The molecule has 1 amide bonds. The van der Waals surface area contributed by atoms with Crippen LogP contribution in [0.1, 0.15) is 32.6 Å². The minimum Gasteiger partial charge on any atom is -0.493 e. The van der Waals surface area contributed by atoms with Crippen molar-refractivity contribution in [3.05, 3.63) is 98.8 Å². The Morgan fingerprint density at radius 1 is 0.912 bits per heavy atom. The molecule has 0 fully saturated rings. The van der Waals surface area contributed by atoms with E-state index in [2.05, 4.69) is 4.98 Å². The Labute approximate surface area is 198 Å². The van der Waals surface area contributed by atoms with Gasteiger partial charge in [0, 0.05) is 22.3 Å². The van der Waals surface area contributed by atoms with Crippen molar-refractivity contribution >= 4 is 22.5 Å². The van der Waals surface area contributed by atoms with Crippen molar-refractivity contribution in [3.63, 3.8) is 0 Å². The molecule has 0 unspecified atom stereocenters. The van der Waals surface area contributed by atoms with Gasteiger partial charge in [0.1, 0.15) is 0 Å². The number of aryl methyl sites for hydroxylation is 2. The van der Waals surface area contributed by atoms with Crippen LogP contribution < -0.4 is 19.9 Å². The van der Waals surface area contributed by atoms with Gasteiger partial charge in [0.25, 0.3) is 11.5 Å². The molecule has 6 nitrogen and oxygen atoms in total. The lowest BCUT2D eigenvalue weighted by molar-refractivity contribution is 0.0984. The second-order valence-electron chi connectivity index (χ2n) is 8.39. The fourth-order valence-corrected chi connectivity index (χ4v) is 4.07. The molecule has 6 heteroatoms. The summed E-state index contributed by atoms with van der Waals surface area (Å²) in [6, 6.07) is 18.7. The van der Waals surface area contributed by atoms with Crippen LogP contribution in [-0.4, -0.2) is 25.1 Å². The van der Waals surface area contributed by atoms with E-state index in [9.17, 15) is 9.59 Å². The number of nitrogens with zero attached hydrogens (tertiary/aromatic N) is 1. The van der Waals surface area contributed by atoms with Crippen molar-refractivity contribution in [1.82, 2.24) is 4.98 Å².